The molecular weight excluding hydrogens is 482 g/mol. The Labute approximate surface area is 211 Å². The molecule has 0 unspecified atom stereocenters. The zero-order chi connectivity index (χ0) is 24.6. The molecule has 0 aliphatic rings. The molecule has 0 aliphatic carbocycles. The zero-order valence-corrected chi connectivity index (χ0v) is 20.7. The number of benzene rings is 3. The minimum absolute atomic E-state index is 0.146. The van der Waals surface area contributed by atoms with E-state index >= 15 is 0 Å². The molecule has 0 saturated heterocycles. The third-order valence-electron chi connectivity index (χ3n) is 4.97. The molecule has 0 aliphatic heterocycles. The average Bonchev–Trinajstić information content (AvgIpc) is 3.36. The van der Waals surface area contributed by atoms with E-state index in [-0.39, 0.29) is 17.6 Å². The number of thiazole rings is 1. The summed E-state index contributed by atoms with van der Waals surface area (Å²) in [5.74, 6) is 1.31. The second kappa shape index (κ2) is 11.5. The number of aromatic nitrogens is 1. The van der Waals surface area contributed by atoms with E-state index in [1.807, 2.05) is 53.9 Å². The molecule has 4 aromatic rings. The number of hydrogen-bond acceptors (Lipinski definition) is 7. The van der Waals surface area contributed by atoms with E-state index in [9.17, 15) is 9.59 Å². The Morgan fingerprint density at radius 1 is 0.914 bits per heavy atom. The van der Waals surface area contributed by atoms with E-state index < -0.39 is 0 Å². The van der Waals surface area contributed by atoms with Crippen LogP contribution in [0.4, 0.5) is 10.8 Å². The van der Waals surface area contributed by atoms with Gasteiger partial charge < -0.3 is 20.1 Å². The predicted octanol–water partition coefficient (Wildman–Crippen LogP) is 5.81. The summed E-state index contributed by atoms with van der Waals surface area (Å²) < 4.78 is 10.5. The summed E-state index contributed by atoms with van der Waals surface area (Å²) in [6.07, 6.45) is 0. The van der Waals surface area contributed by atoms with Crippen LogP contribution in [0.25, 0.3) is 11.3 Å². The topological polar surface area (TPSA) is 89.5 Å². The molecule has 3 aromatic carbocycles. The third-order valence-corrected chi connectivity index (χ3v) is 6.74. The van der Waals surface area contributed by atoms with E-state index in [0.717, 1.165) is 21.9 Å². The number of nitrogens with zero attached hydrogens (tertiary/aromatic N) is 1. The number of nitrogens with one attached hydrogen (secondary N) is 2. The minimum atomic E-state index is -0.205. The van der Waals surface area contributed by atoms with Gasteiger partial charge in [-0.25, -0.2) is 4.98 Å². The highest BCUT2D eigenvalue weighted by Crippen LogP contribution is 2.32. The number of rotatable bonds is 9. The van der Waals surface area contributed by atoms with Crippen molar-refractivity contribution in [3.05, 3.63) is 83.7 Å². The highest BCUT2D eigenvalue weighted by Gasteiger charge is 2.12. The highest BCUT2D eigenvalue weighted by atomic mass is 32.2. The summed E-state index contributed by atoms with van der Waals surface area (Å²) in [5, 5.41) is 8.13. The van der Waals surface area contributed by atoms with Crippen molar-refractivity contribution >= 4 is 45.7 Å². The van der Waals surface area contributed by atoms with E-state index in [0.29, 0.717) is 22.1 Å². The van der Waals surface area contributed by atoms with Crippen molar-refractivity contribution in [1.29, 1.82) is 0 Å². The smallest absolute Gasteiger partial charge is 0.255 e. The normalized spacial score (nSPS) is 10.5. The molecule has 1 aromatic heterocycles. The molecule has 7 nitrogen and oxygen atoms in total. The molecule has 2 amide bonds. The number of para-hydroxylation sites is 1. The summed E-state index contributed by atoms with van der Waals surface area (Å²) in [6.45, 7) is 0. The van der Waals surface area contributed by atoms with Gasteiger partial charge in [-0.3, -0.25) is 9.59 Å². The first-order valence-electron chi connectivity index (χ1n) is 10.6. The van der Waals surface area contributed by atoms with Crippen LogP contribution in [-0.4, -0.2) is 36.8 Å². The van der Waals surface area contributed by atoms with Gasteiger partial charge in [0.25, 0.3) is 5.91 Å². The molecule has 1 heterocycles. The molecule has 0 fully saturated rings. The van der Waals surface area contributed by atoms with Gasteiger partial charge in [-0.2, -0.15) is 0 Å². The van der Waals surface area contributed by atoms with Crippen molar-refractivity contribution in [3.8, 4) is 22.8 Å². The maximum absolute atomic E-state index is 12.4. The number of thioether (sulfide) groups is 1. The van der Waals surface area contributed by atoms with E-state index in [4.69, 9.17) is 9.47 Å². The molecule has 35 heavy (non-hydrogen) atoms. The first kappa shape index (κ1) is 24.3. The predicted molar refractivity (Wildman–Crippen MR) is 141 cm³/mol. The molecule has 0 bridgehead atoms. The molecule has 178 valence electrons. The van der Waals surface area contributed by atoms with Gasteiger partial charge in [0.2, 0.25) is 5.91 Å². The number of anilines is 2. The van der Waals surface area contributed by atoms with Gasteiger partial charge in [0.1, 0.15) is 11.5 Å². The fourth-order valence-corrected chi connectivity index (χ4v) is 4.62. The van der Waals surface area contributed by atoms with Gasteiger partial charge >= 0.3 is 0 Å². The van der Waals surface area contributed by atoms with Crippen LogP contribution in [0.5, 0.6) is 11.5 Å². The highest BCUT2D eigenvalue weighted by molar-refractivity contribution is 8.00. The van der Waals surface area contributed by atoms with Crippen molar-refractivity contribution in [1.82, 2.24) is 4.98 Å². The van der Waals surface area contributed by atoms with Crippen LogP contribution in [0.2, 0.25) is 0 Å². The van der Waals surface area contributed by atoms with Crippen LogP contribution in [0, 0.1) is 0 Å². The lowest BCUT2D eigenvalue weighted by atomic mass is 10.1. The Balaban J connectivity index is 1.28. The van der Waals surface area contributed by atoms with Gasteiger partial charge in [0, 0.05) is 27.1 Å². The SMILES string of the molecule is COc1ccc(C(=O)Nc2ccc(SCC(=O)Nc3nc(-c4ccccc4OC)cs3)cc2)cc1. The van der Waals surface area contributed by atoms with Gasteiger partial charge in [0.15, 0.2) is 5.13 Å². The Morgan fingerprint density at radius 2 is 1.66 bits per heavy atom. The number of ether oxygens (including phenoxy) is 2. The van der Waals surface area contributed by atoms with Crippen LogP contribution >= 0.6 is 23.1 Å². The van der Waals surface area contributed by atoms with Crippen molar-refractivity contribution in [2.24, 2.45) is 0 Å². The quantitative estimate of drug-likeness (QED) is 0.279. The molecule has 0 atom stereocenters. The number of amides is 2. The number of hydrogen-bond donors (Lipinski definition) is 2. The Hall–Kier alpha value is -3.82. The lowest BCUT2D eigenvalue weighted by Crippen LogP contribution is -2.13. The monoisotopic (exact) mass is 505 g/mol. The summed E-state index contributed by atoms with van der Waals surface area (Å²) in [7, 11) is 3.20. The van der Waals surface area contributed by atoms with E-state index in [2.05, 4.69) is 15.6 Å². The second-order valence-electron chi connectivity index (χ2n) is 7.28. The van der Waals surface area contributed by atoms with E-state index in [1.54, 1.807) is 38.5 Å². The Bertz CT molecular complexity index is 1300. The van der Waals surface area contributed by atoms with Gasteiger partial charge in [-0.1, -0.05) is 12.1 Å². The zero-order valence-electron chi connectivity index (χ0n) is 19.1. The number of carbonyl (C=O) groups excluding carboxylic acids is 2. The molecule has 0 spiro atoms. The minimum Gasteiger partial charge on any atom is -0.497 e. The standard InChI is InChI=1S/C26H23N3O4S2/c1-32-19-11-7-17(8-12-19)25(31)27-18-9-13-20(14-10-18)34-16-24(30)29-26-28-22(15-35-26)21-5-3-4-6-23(21)33-2/h3-15H,16H2,1-2H3,(H,27,31)(H,28,29,30). The molecule has 9 heteroatoms. The fourth-order valence-electron chi connectivity index (χ4n) is 3.20. The third kappa shape index (κ3) is 6.40. The summed E-state index contributed by atoms with van der Waals surface area (Å²) in [6, 6.07) is 21.9. The molecular formula is C26H23N3O4S2. The van der Waals surface area contributed by atoms with Crippen LogP contribution in [-0.2, 0) is 4.79 Å². The fraction of sp³-hybridized carbons (Fsp3) is 0.115. The largest absolute Gasteiger partial charge is 0.497 e. The van der Waals surface area contributed by atoms with Gasteiger partial charge in [0.05, 0.1) is 25.7 Å². The molecule has 0 saturated carbocycles. The average molecular weight is 506 g/mol. The first-order chi connectivity index (χ1) is 17.1. The summed E-state index contributed by atoms with van der Waals surface area (Å²) in [5.41, 5.74) is 2.84. The van der Waals surface area contributed by atoms with Crippen molar-refractivity contribution in [3.63, 3.8) is 0 Å². The molecule has 0 radical (unpaired) electrons. The first-order valence-corrected chi connectivity index (χ1v) is 12.5. The van der Waals surface area contributed by atoms with Crippen LogP contribution < -0.4 is 20.1 Å². The molecule has 2 N–H and O–H groups in total. The van der Waals surface area contributed by atoms with Crippen LogP contribution in [0.3, 0.4) is 0 Å². The summed E-state index contributed by atoms with van der Waals surface area (Å²) >= 11 is 2.77. The van der Waals surface area contributed by atoms with Crippen LogP contribution in [0.15, 0.2) is 83.1 Å². The maximum Gasteiger partial charge on any atom is 0.255 e. The number of carbonyl (C=O) groups is 2. The van der Waals surface area contributed by atoms with Crippen molar-refractivity contribution in [2.45, 2.75) is 4.90 Å². The van der Waals surface area contributed by atoms with Crippen LogP contribution in [0.1, 0.15) is 10.4 Å². The lowest BCUT2D eigenvalue weighted by molar-refractivity contribution is -0.113. The maximum atomic E-state index is 12.4. The van der Waals surface area contributed by atoms with E-state index in [1.165, 1.54) is 23.1 Å². The van der Waals surface area contributed by atoms with Crippen molar-refractivity contribution in [2.75, 3.05) is 30.6 Å². The van der Waals surface area contributed by atoms with Crippen molar-refractivity contribution < 1.29 is 19.1 Å². The molecule has 4 rings (SSSR count). The van der Waals surface area contributed by atoms with Gasteiger partial charge in [-0.15, -0.1) is 23.1 Å². The number of methoxy groups -OCH3 is 2. The lowest BCUT2D eigenvalue weighted by Gasteiger charge is -2.07. The Morgan fingerprint density at radius 3 is 2.37 bits per heavy atom. The Kier molecular flexibility index (Phi) is 8.02. The van der Waals surface area contributed by atoms with Gasteiger partial charge in [-0.05, 0) is 60.7 Å². The second-order valence-corrected chi connectivity index (χ2v) is 9.19. The summed E-state index contributed by atoms with van der Waals surface area (Å²) in [4.78, 5) is 30.2.